The summed E-state index contributed by atoms with van der Waals surface area (Å²) in [6.45, 7) is 0. The topological polar surface area (TPSA) is 0 Å². The lowest BCUT2D eigenvalue weighted by Crippen LogP contribution is -2.13. The first-order valence-electron chi connectivity index (χ1n) is 6.80. The molecule has 2 aromatic rings. The van der Waals surface area contributed by atoms with E-state index in [1.54, 1.807) is 0 Å². The van der Waals surface area contributed by atoms with Crippen LogP contribution in [-0.2, 0) is 0 Å². The van der Waals surface area contributed by atoms with E-state index in [2.05, 4.69) is 79.9 Å². The summed E-state index contributed by atoms with van der Waals surface area (Å²) in [4.78, 5) is 0. The zero-order valence-electron chi connectivity index (χ0n) is 10.9. The number of hydrogen-bond acceptors (Lipinski definition) is 0. The van der Waals surface area contributed by atoms with Crippen molar-refractivity contribution >= 4 is 0 Å². The third-order valence-electron chi connectivity index (χ3n) is 3.43. The lowest BCUT2D eigenvalue weighted by molar-refractivity contribution is 0.939. The van der Waals surface area contributed by atoms with Crippen molar-refractivity contribution in [1.29, 1.82) is 0 Å². The molecular formula is C19H17. The van der Waals surface area contributed by atoms with Crippen LogP contribution in [0.4, 0.5) is 0 Å². The van der Waals surface area contributed by atoms with Crippen molar-refractivity contribution in [3.63, 3.8) is 0 Å². The van der Waals surface area contributed by atoms with Crippen LogP contribution in [0.5, 0.6) is 0 Å². The zero-order valence-corrected chi connectivity index (χ0v) is 10.9. The lowest BCUT2D eigenvalue weighted by atomic mass is 9.78. The second kappa shape index (κ2) is 6.06. The van der Waals surface area contributed by atoms with Crippen molar-refractivity contribution < 1.29 is 0 Å². The van der Waals surface area contributed by atoms with Crippen LogP contribution in [0.15, 0.2) is 60.7 Å². The fourth-order valence-corrected chi connectivity index (χ4v) is 2.49. The Hall–Kier alpha value is -1.56. The van der Waals surface area contributed by atoms with Crippen molar-refractivity contribution in [2.24, 2.45) is 0 Å². The van der Waals surface area contributed by atoms with Crippen LogP contribution in [-0.4, -0.2) is 0 Å². The molecule has 93 valence electrons. The summed E-state index contributed by atoms with van der Waals surface area (Å²) in [6, 6.07) is 21.3. The first-order valence-corrected chi connectivity index (χ1v) is 6.80. The Kier molecular flexibility index (Phi) is 3.98. The van der Waals surface area contributed by atoms with E-state index in [1.807, 2.05) is 0 Å². The molecule has 0 amide bonds. The molecule has 1 saturated carbocycles. The molecule has 1 aliphatic rings. The molecule has 1 fully saturated rings. The Morgan fingerprint density at radius 2 is 1.16 bits per heavy atom. The molecule has 0 unspecified atom stereocenters. The van der Waals surface area contributed by atoms with E-state index in [0.29, 0.717) is 0 Å². The maximum absolute atomic E-state index is 2.36. The molecule has 0 heteroatoms. The molecule has 1 aliphatic carbocycles. The van der Waals surface area contributed by atoms with Crippen LogP contribution in [0, 0.1) is 31.1 Å². The normalized spacial score (nSPS) is 18.1. The molecule has 0 bridgehead atoms. The molecule has 3 rings (SSSR count). The highest BCUT2D eigenvalue weighted by atomic mass is 14.3. The summed E-state index contributed by atoms with van der Waals surface area (Å²) in [6.07, 6.45) is 9.12. The fourth-order valence-electron chi connectivity index (χ4n) is 2.49. The largest absolute Gasteiger partial charge is 0.0622 e. The van der Waals surface area contributed by atoms with Crippen molar-refractivity contribution in [1.82, 2.24) is 0 Å². The highest BCUT2D eigenvalue weighted by Gasteiger charge is 2.27. The molecule has 0 nitrogen and oxygen atoms in total. The van der Waals surface area contributed by atoms with E-state index in [1.165, 1.54) is 23.0 Å². The van der Waals surface area contributed by atoms with Gasteiger partial charge in [0.1, 0.15) is 0 Å². The molecule has 0 heterocycles. The first kappa shape index (κ1) is 12.5. The van der Waals surface area contributed by atoms with Gasteiger partial charge in [-0.3, -0.25) is 0 Å². The molecule has 0 atom stereocenters. The quantitative estimate of drug-likeness (QED) is 0.676. The summed E-state index contributed by atoms with van der Waals surface area (Å²) >= 11 is 0. The Balaban J connectivity index is 1.94. The van der Waals surface area contributed by atoms with Crippen LogP contribution in [0.25, 0.3) is 0 Å². The van der Waals surface area contributed by atoms with Gasteiger partial charge in [-0.15, -0.1) is 0 Å². The highest BCUT2D eigenvalue weighted by Crippen LogP contribution is 2.39. The van der Waals surface area contributed by atoms with Crippen molar-refractivity contribution in [3.8, 4) is 0 Å². The Labute approximate surface area is 116 Å². The van der Waals surface area contributed by atoms with Gasteiger partial charge in [-0.1, -0.05) is 60.7 Å². The summed E-state index contributed by atoms with van der Waals surface area (Å²) in [5.74, 6) is 2.67. The van der Waals surface area contributed by atoms with Gasteiger partial charge in [-0.05, 0) is 43.2 Å². The maximum atomic E-state index is 2.36. The maximum Gasteiger partial charge on any atom is 0.0204 e. The summed E-state index contributed by atoms with van der Waals surface area (Å²) in [5, 5.41) is 0. The molecule has 5 radical (unpaired) electrons. The third kappa shape index (κ3) is 2.89. The molecule has 0 aliphatic heterocycles. The predicted octanol–water partition coefficient (Wildman–Crippen LogP) is 4.64. The van der Waals surface area contributed by atoms with Crippen molar-refractivity contribution in [3.05, 3.63) is 103 Å². The van der Waals surface area contributed by atoms with Gasteiger partial charge in [0.2, 0.25) is 0 Å². The highest BCUT2D eigenvalue weighted by molar-refractivity contribution is 5.57. The van der Waals surface area contributed by atoms with E-state index in [9.17, 15) is 0 Å². The first-order chi connectivity index (χ1) is 9.45. The van der Waals surface area contributed by atoms with E-state index in [4.69, 9.17) is 0 Å². The molecule has 19 heavy (non-hydrogen) atoms. The SMILES string of the molecule is [CH]1[CH][C](c2ccccc2)[C](c2ccccc2)[CH]CC1. The molecule has 0 spiro atoms. The van der Waals surface area contributed by atoms with Gasteiger partial charge in [0.05, 0.1) is 0 Å². The number of hydrogen-bond donors (Lipinski definition) is 0. The Bertz CT molecular complexity index is 438. The summed E-state index contributed by atoms with van der Waals surface area (Å²) in [7, 11) is 0. The van der Waals surface area contributed by atoms with E-state index in [0.717, 1.165) is 12.8 Å². The van der Waals surface area contributed by atoms with Gasteiger partial charge in [-0.2, -0.15) is 0 Å². The Morgan fingerprint density at radius 1 is 0.579 bits per heavy atom. The van der Waals surface area contributed by atoms with Crippen LogP contribution in [0.3, 0.4) is 0 Å². The fraction of sp³-hybridized carbons (Fsp3) is 0.105. The molecule has 0 aromatic heterocycles. The molecular weight excluding hydrogens is 228 g/mol. The average Bonchev–Trinajstić information content (AvgIpc) is 2.75. The van der Waals surface area contributed by atoms with Crippen molar-refractivity contribution in [2.45, 2.75) is 12.8 Å². The van der Waals surface area contributed by atoms with Gasteiger partial charge in [0.15, 0.2) is 0 Å². The van der Waals surface area contributed by atoms with E-state index in [-0.39, 0.29) is 0 Å². The van der Waals surface area contributed by atoms with Gasteiger partial charge in [-0.25, -0.2) is 0 Å². The second-order valence-electron chi connectivity index (χ2n) is 4.74. The molecule has 0 saturated heterocycles. The van der Waals surface area contributed by atoms with Crippen LogP contribution < -0.4 is 0 Å². The van der Waals surface area contributed by atoms with Gasteiger partial charge in [0, 0.05) is 11.8 Å². The Morgan fingerprint density at radius 3 is 1.79 bits per heavy atom. The third-order valence-corrected chi connectivity index (χ3v) is 3.43. The van der Waals surface area contributed by atoms with Crippen LogP contribution in [0.2, 0.25) is 0 Å². The van der Waals surface area contributed by atoms with Crippen LogP contribution >= 0.6 is 0 Å². The summed E-state index contributed by atoms with van der Waals surface area (Å²) < 4.78 is 0. The van der Waals surface area contributed by atoms with Gasteiger partial charge >= 0.3 is 0 Å². The van der Waals surface area contributed by atoms with Crippen LogP contribution in [0.1, 0.15) is 24.0 Å². The standard InChI is InChI=1S/C19H17/c1-4-10-16(11-5-1)18-14-8-3-9-15-19(18)17-12-6-2-7-13-17/h1-2,4-8,10-15H,3,9H2. The number of rotatable bonds is 2. The average molecular weight is 245 g/mol. The minimum atomic E-state index is 1.11. The van der Waals surface area contributed by atoms with Crippen molar-refractivity contribution in [2.75, 3.05) is 0 Å². The molecule has 0 N–H and O–H groups in total. The van der Waals surface area contributed by atoms with E-state index >= 15 is 0 Å². The smallest absolute Gasteiger partial charge is 0.0204 e. The predicted molar refractivity (Wildman–Crippen MR) is 79.7 cm³/mol. The minimum absolute atomic E-state index is 1.11. The monoisotopic (exact) mass is 245 g/mol. The zero-order chi connectivity index (χ0) is 12.9. The summed E-state index contributed by atoms with van der Waals surface area (Å²) in [5.41, 5.74) is 2.59. The van der Waals surface area contributed by atoms with Gasteiger partial charge in [0.25, 0.3) is 0 Å². The minimum Gasteiger partial charge on any atom is -0.0622 e. The van der Waals surface area contributed by atoms with E-state index < -0.39 is 0 Å². The second-order valence-corrected chi connectivity index (χ2v) is 4.74. The lowest BCUT2D eigenvalue weighted by Gasteiger charge is -2.24. The van der Waals surface area contributed by atoms with Gasteiger partial charge < -0.3 is 0 Å². The number of benzene rings is 2. The molecule has 2 aromatic carbocycles.